The zero-order chi connectivity index (χ0) is 44.0. The summed E-state index contributed by atoms with van der Waals surface area (Å²) >= 11 is 0. The molecular weight excluding hydrogens is 911 g/mol. The van der Waals surface area contributed by atoms with Crippen LogP contribution in [0.4, 0.5) is 0 Å². The van der Waals surface area contributed by atoms with Gasteiger partial charge in [0.15, 0.2) is 0 Å². The number of hydrogen-bond acceptors (Lipinski definition) is 4. The molecule has 0 saturated heterocycles. The Balaban J connectivity index is 0.00000560. The van der Waals surface area contributed by atoms with Gasteiger partial charge in [0.25, 0.3) is 0 Å². The van der Waals surface area contributed by atoms with Crippen LogP contribution in [0, 0.1) is 18.2 Å². The molecule has 4 heterocycles. The van der Waals surface area contributed by atoms with E-state index in [4.69, 9.17) is 14.4 Å². The standard InChI is InChI=1S/C55H46N3O.Ir/c1-54(2,44-25-28-49(57-36-44)42-14-7-5-8-15-42)33-40-30-39(31-41(32-40)34-55(3,4)45-26-29-50(58-37-45)43-16-9-6-10-17-43)23-22-38-24-27-51(56-35-38)48-20-13-19-47-46-18-11-12-21-52(46)59-53(47)48;/h5-14,16,18-19,21,24-32,35-37H,22-23,33-34H2,1-4H3;/q-3;+3/i22D2,23D2;. The van der Waals surface area contributed by atoms with Crippen LogP contribution in [-0.4, -0.2) is 15.0 Å². The molecule has 296 valence electrons. The number of para-hydroxylation sites is 1. The Bertz CT molecular complexity index is 2930. The fourth-order valence-electron chi connectivity index (χ4n) is 7.92. The SMILES string of the molecule is [2H]C([2H])(c1ccc(-c2[c-]ccc3c2oc2ccccc23)nc1)C([2H])([2H])c1cc(CC(C)(C)c2ccc(-c3[c-]cccc3)nc2)cc(CC(C)(C)c2ccc(-c3[c-]cccc3)nc2)c1.[Ir+3]. The Morgan fingerprint density at radius 2 is 1.07 bits per heavy atom. The van der Waals surface area contributed by atoms with Gasteiger partial charge in [-0.2, -0.15) is 0 Å². The molecule has 0 atom stereocenters. The summed E-state index contributed by atoms with van der Waals surface area (Å²) < 4.78 is 44.3. The first-order valence-electron chi connectivity index (χ1n) is 22.0. The third-order valence-electron chi connectivity index (χ3n) is 11.1. The third kappa shape index (κ3) is 8.80. The Morgan fingerprint density at radius 1 is 0.517 bits per heavy atom. The average molecular weight is 961 g/mol. The summed E-state index contributed by atoms with van der Waals surface area (Å²) in [6.07, 6.45) is 1.48. The summed E-state index contributed by atoms with van der Waals surface area (Å²) in [7, 11) is 0. The maximum atomic E-state index is 9.61. The predicted octanol–water partition coefficient (Wildman–Crippen LogP) is 13.0. The molecule has 0 N–H and O–H groups in total. The molecule has 0 unspecified atom stereocenters. The van der Waals surface area contributed by atoms with Gasteiger partial charge in [-0.15, -0.1) is 90.0 Å². The van der Waals surface area contributed by atoms with E-state index in [9.17, 15) is 5.48 Å². The molecular formula is C55H46IrN3O. The average Bonchev–Trinajstić information content (AvgIpc) is 3.68. The van der Waals surface area contributed by atoms with Crippen molar-refractivity contribution in [2.75, 3.05) is 0 Å². The zero-order valence-corrected chi connectivity index (χ0v) is 36.4. The number of pyridine rings is 3. The summed E-state index contributed by atoms with van der Waals surface area (Å²) in [5.41, 5.74) is 9.64. The summed E-state index contributed by atoms with van der Waals surface area (Å²) in [4.78, 5) is 14.3. The minimum atomic E-state index is -2.46. The van der Waals surface area contributed by atoms with E-state index >= 15 is 0 Å². The summed E-state index contributed by atoms with van der Waals surface area (Å²) in [5.74, 6) is 0. The minimum Gasteiger partial charge on any atom is -0.501 e. The van der Waals surface area contributed by atoms with Gasteiger partial charge in [-0.3, -0.25) is 0 Å². The molecule has 0 fully saturated rings. The van der Waals surface area contributed by atoms with E-state index in [-0.39, 0.29) is 31.2 Å². The van der Waals surface area contributed by atoms with Crippen molar-refractivity contribution >= 4 is 21.9 Å². The first kappa shape index (κ1) is 35.9. The van der Waals surface area contributed by atoms with Crippen LogP contribution in [0.25, 0.3) is 55.7 Å². The molecule has 0 saturated carbocycles. The first-order chi connectivity index (χ1) is 30.2. The number of benzene rings is 5. The first-order valence-corrected chi connectivity index (χ1v) is 20.0. The van der Waals surface area contributed by atoms with Crippen LogP contribution in [0.2, 0.25) is 0 Å². The number of furan rings is 1. The van der Waals surface area contributed by atoms with Crippen molar-refractivity contribution in [2.45, 2.75) is 64.1 Å². The summed E-state index contributed by atoms with van der Waals surface area (Å²) in [6, 6.07) is 54.4. The minimum absolute atomic E-state index is 0. The van der Waals surface area contributed by atoms with E-state index in [0.29, 0.717) is 29.7 Å². The predicted molar refractivity (Wildman–Crippen MR) is 240 cm³/mol. The van der Waals surface area contributed by atoms with Crippen molar-refractivity contribution in [3.05, 3.63) is 210 Å². The zero-order valence-electron chi connectivity index (χ0n) is 38.0. The topological polar surface area (TPSA) is 51.8 Å². The second-order valence-corrected chi connectivity index (χ2v) is 16.5. The largest absolute Gasteiger partial charge is 3.00 e. The molecule has 0 amide bonds. The van der Waals surface area contributed by atoms with Gasteiger partial charge in [0.2, 0.25) is 0 Å². The fraction of sp³-hybridized carbons (Fsp3) is 0.182. The number of aromatic nitrogens is 3. The van der Waals surface area contributed by atoms with E-state index in [1.165, 1.54) is 6.20 Å². The molecule has 4 nitrogen and oxygen atoms in total. The second-order valence-electron chi connectivity index (χ2n) is 16.5. The Morgan fingerprint density at radius 3 is 1.62 bits per heavy atom. The van der Waals surface area contributed by atoms with Gasteiger partial charge in [0.1, 0.15) is 5.58 Å². The summed E-state index contributed by atoms with van der Waals surface area (Å²) in [6.45, 7) is 8.65. The van der Waals surface area contributed by atoms with Crippen LogP contribution >= 0.6 is 0 Å². The number of aryl methyl sites for hydroxylation is 2. The Kier molecular flexibility index (Phi) is 10.4. The van der Waals surface area contributed by atoms with Gasteiger partial charge < -0.3 is 19.4 Å². The van der Waals surface area contributed by atoms with Crippen LogP contribution < -0.4 is 0 Å². The molecule has 9 rings (SSSR count). The van der Waals surface area contributed by atoms with Gasteiger partial charge in [-0.05, 0) is 92.9 Å². The number of nitrogens with zero attached hydrogens (tertiary/aromatic N) is 3. The normalized spacial score (nSPS) is 13.3. The van der Waals surface area contributed by atoms with Crippen molar-refractivity contribution in [1.29, 1.82) is 0 Å². The molecule has 60 heavy (non-hydrogen) atoms. The molecule has 0 radical (unpaired) electrons. The quantitative estimate of drug-likeness (QED) is 0.115. The molecule has 0 spiro atoms. The van der Waals surface area contributed by atoms with Crippen LogP contribution in [0.5, 0.6) is 0 Å². The van der Waals surface area contributed by atoms with Crippen LogP contribution in [0.15, 0.2) is 163 Å². The Labute approximate surface area is 372 Å². The number of hydrogen-bond donors (Lipinski definition) is 0. The van der Waals surface area contributed by atoms with Gasteiger partial charge in [0.05, 0.1) is 5.58 Å². The van der Waals surface area contributed by atoms with Crippen LogP contribution in [0.1, 0.15) is 66.6 Å². The van der Waals surface area contributed by atoms with Crippen molar-refractivity contribution in [3.63, 3.8) is 0 Å². The van der Waals surface area contributed by atoms with Gasteiger partial charge in [-0.25, -0.2) is 0 Å². The molecule has 5 heteroatoms. The van der Waals surface area contributed by atoms with Gasteiger partial charge in [-0.1, -0.05) is 111 Å². The summed E-state index contributed by atoms with van der Waals surface area (Å²) in [5, 5.41) is 1.93. The van der Waals surface area contributed by atoms with Crippen LogP contribution in [0.3, 0.4) is 0 Å². The van der Waals surface area contributed by atoms with E-state index in [1.54, 1.807) is 12.1 Å². The van der Waals surface area contributed by atoms with Crippen molar-refractivity contribution in [2.24, 2.45) is 0 Å². The van der Waals surface area contributed by atoms with E-state index in [2.05, 4.69) is 69.1 Å². The van der Waals surface area contributed by atoms with Crippen molar-refractivity contribution < 1.29 is 30.0 Å². The third-order valence-corrected chi connectivity index (χ3v) is 11.1. The smallest absolute Gasteiger partial charge is 0.501 e. The molecule has 9 aromatic rings. The van der Waals surface area contributed by atoms with E-state index in [0.717, 1.165) is 61.1 Å². The maximum absolute atomic E-state index is 9.61. The van der Waals surface area contributed by atoms with Gasteiger partial charge >= 0.3 is 20.1 Å². The Hall–Kier alpha value is -6.00. The second kappa shape index (κ2) is 17.3. The van der Waals surface area contributed by atoms with Crippen LogP contribution in [-0.2, 0) is 56.5 Å². The van der Waals surface area contributed by atoms with Gasteiger partial charge in [0, 0.05) is 29.5 Å². The fourth-order valence-corrected chi connectivity index (χ4v) is 7.92. The molecule has 0 aliphatic carbocycles. The van der Waals surface area contributed by atoms with Crippen molar-refractivity contribution in [3.8, 4) is 33.8 Å². The number of fused-ring (bicyclic) bond motifs is 3. The number of rotatable bonds is 12. The molecule has 4 aromatic heterocycles. The monoisotopic (exact) mass is 961 g/mol. The molecule has 0 aliphatic rings. The maximum Gasteiger partial charge on any atom is 3.00 e. The van der Waals surface area contributed by atoms with E-state index in [1.807, 2.05) is 122 Å². The molecule has 5 aromatic carbocycles. The molecule has 0 bridgehead atoms. The van der Waals surface area contributed by atoms with Crippen molar-refractivity contribution in [1.82, 2.24) is 15.0 Å². The van der Waals surface area contributed by atoms with E-state index < -0.39 is 23.6 Å². The molecule has 0 aliphatic heterocycles.